The molecular weight excluding hydrogens is 330 g/mol. The van der Waals surface area contributed by atoms with Crippen molar-refractivity contribution in [1.82, 2.24) is 19.5 Å². The molecule has 1 saturated heterocycles. The van der Waals surface area contributed by atoms with E-state index in [0.717, 1.165) is 5.82 Å². The second kappa shape index (κ2) is 6.15. The number of pyridine rings is 1. The number of anilines is 1. The Balaban J connectivity index is 1.67. The average molecular weight is 351 g/mol. The van der Waals surface area contributed by atoms with Crippen LogP contribution in [0.2, 0.25) is 0 Å². The molecule has 2 aromatic rings. The van der Waals surface area contributed by atoms with Gasteiger partial charge in [0.15, 0.2) is 0 Å². The van der Waals surface area contributed by atoms with E-state index in [2.05, 4.69) is 14.8 Å². The molecule has 1 atom stereocenters. The Morgan fingerprint density at radius 1 is 1.42 bits per heavy atom. The molecule has 2 N–H and O–H groups in total. The standard InChI is InChI=1S/C15H21N5O3S/c1-12-13(9-19(2)18-12)24(22,23)17-10-15(21)6-8-20(11-15)14-5-3-4-7-16-14/h3-5,7,9,17,21H,6,8,10-11H2,1-2H3/t15-/m1/s1. The van der Waals surface area contributed by atoms with Crippen LogP contribution < -0.4 is 9.62 Å². The lowest BCUT2D eigenvalue weighted by atomic mass is 10.0. The summed E-state index contributed by atoms with van der Waals surface area (Å²) in [4.78, 5) is 6.34. The third kappa shape index (κ3) is 3.42. The van der Waals surface area contributed by atoms with Gasteiger partial charge in [0.2, 0.25) is 10.0 Å². The van der Waals surface area contributed by atoms with Gasteiger partial charge in [-0.2, -0.15) is 5.10 Å². The topological polar surface area (TPSA) is 100 Å². The lowest BCUT2D eigenvalue weighted by Crippen LogP contribution is -2.45. The van der Waals surface area contributed by atoms with E-state index < -0.39 is 15.6 Å². The number of rotatable bonds is 5. The highest BCUT2D eigenvalue weighted by Crippen LogP contribution is 2.25. The summed E-state index contributed by atoms with van der Waals surface area (Å²) in [5.41, 5.74) is -0.695. The number of aryl methyl sites for hydroxylation is 2. The molecule has 9 heteroatoms. The first-order valence-electron chi connectivity index (χ1n) is 7.67. The first kappa shape index (κ1) is 16.9. The zero-order chi connectivity index (χ0) is 17.4. The van der Waals surface area contributed by atoms with Crippen molar-refractivity contribution in [3.63, 3.8) is 0 Å². The van der Waals surface area contributed by atoms with Gasteiger partial charge in [-0.1, -0.05) is 6.07 Å². The zero-order valence-electron chi connectivity index (χ0n) is 13.7. The van der Waals surface area contributed by atoms with Gasteiger partial charge in [-0.25, -0.2) is 18.1 Å². The lowest BCUT2D eigenvalue weighted by molar-refractivity contribution is 0.0685. The fourth-order valence-electron chi connectivity index (χ4n) is 2.89. The molecule has 2 aromatic heterocycles. The van der Waals surface area contributed by atoms with Crippen molar-refractivity contribution in [2.75, 3.05) is 24.5 Å². The van der Waals surface area contributed by atoms with Crippen LogP contribution in [-0.4, -0.2) is 53.5 Å². The van der Waals surface area contributed by atoms with Crippen LogP contribution >= 0.6 is 0 Å². The van der Waals surface area contributed by atoms with Gasteiger partial charge in [0.25, 0.3) is 0 Å². The van der Waals surface area contributed by atoms with Crippen LogP contribution in [0.25, 0.3) is 0 Å². The minimum atomic E-state index is -3.71. The highest BCUT2D eigenvalue weighted by atomic mass is 32.2. The number of sulfonamides is 1. The average Bonchev–Trinajstić information content (AvgIpc) is 3.10. The lowest BCUT2D eigenvalue weighted by Gasteiger charge is -2.24. The smallest absolute Gasteiger partial charge is 0.244 e. The molecule has 24 heavy (non-hydrogen) atoms. The predicted octanol–water partition coefficient (Wildman–Crippen LogP) is 0.0432. The van der Waals surface area contributed by atoms with Crippen molar-refractivity contribution in [3.05, 3.63) is 36.3 Å². The largest absolute Gasteiger partial charge is 0.387 e. The summed E-state index contributed by atoms with van der Waals surface area (Å²) in [5, 5.41) is 14.7. The van der Waals surface area contributed by atoms with Crippen LogP contribution in [0.3, 0.4) is 0 Å². The summed E-state index contributed by atoms with van der Waals surface area (Å²) in [7, 11) is -2.04. The van der Waals surface area contributed by atoms with Gasteiger partial charge in [-0.15, -0.1) is 0 Å². The van der Waals surface area contributed by atoms with Gasteiger partial charge in [0.05, 0.1) is 11.3 Å². The fraction of sp³-hybridized carbons (Fsp3) is 0.467. The number of nitrogens with one attached hydrogen (secondary N) is 1. The van der Waals surface area contributed by atoms with Crippen molar-refractivity contribution >= 4 is 15.8 Å². The number of nitrogens with zero attached hydrogens (tertiary/aromatic N) is 4. The molecule has 3 rings (SSSR count). The minimum absolute atomic E-state index is 0.0486. The summed E-state index contributed by atoms with van der Waals surface area (Å²) in [6, 6.07) is 5.58. The van der Waals surface area contributed by atoms with Crippen molar-refractivity contribution < 1.29 is 13.5 Å². The Hall–Kier alpha value is -1.97. The van der Waals surface area contributed by atoms with Crippen molar-refractivity contribution in [1.29, 1.82) is 0 Å². The van der Waals surface area contributed by atoms with E-state index in [0.29, 0.717) is 25.2 Å². The van der Waals surface area contributed by atoms with Crippen LogP contribution in [0.15, 0.2) is 35.5 Å². The molecule has 1 aliphatic rings. The molecular formula is C15H21N5O3S. The van der Waals surface area contributed by atoms with Gasteiger partial charge in [0.1, 0.15) is 10.7 Å². The van der Waals surface area contributed by atoms with E-state index in [4.69, 9.17) is 0 Å². The van der Waals surface area contributed by atoms with Gasteiger partial charge in [-0.3, -0.25) is 4.68 Å². The summed E-state index contributed by atoms with van der Waals surface area (Å²) >= 11 is 0. The van der Waals surface area contributed by atoms with Crippen LogP contribution in [-0.2, 0) is 17.1 Å². The zero-order valence-corrected chi connectivity index (χ0v) is 14.5. The van der Waals surface area contributed by atoms with E-state index in [1.54, 1.807) is 20.2 Å². The SMILES string of the molecule is Cc1nn(C)cc1S(=O)(=O)NC[C@]1(O)CCN(c2ccccn2)C1. The van der Waals surface area contributed by atoms with E-state index in [9.17, 15) is 13.5 Å². The molecule has 0 radical (unpaired) electrons. The third-order valence-corrected chi connectivity index (χ3v) is 5.66. The summed E-state index contributed by atoms with van der Waals surface area (Å²) in [6.07, 6.45) is 3.62. The number of aliphatic hydroxyl groups is 1. The highest BCUT2D eigenvalue weighted by molar-refractivity contribution is 7.89. The third-order valence-electron chi connectivity index (χ3n) is 4.15. The van der Waals surface area contributed by atoms with Crippen molar-refractivity contribution in [3.8, 4) is 0 Å². The summed E-state index contributed by atoms with van der Waals surface area (Å²) in [5.74, 6) is 0.777. The Kier molecular flexibility index (Phi) is 4.33. The number of β-amino-alcohol motifs (C(OH)–C–C–N with tert-alkyl or cyclic N) is 1. The van der Waals surface area contributed by atoms with Gasteiger partial charge < -0.3 is 10.0 Å². The second-order valence-corrected chi connectivity index (χ2v) is 7.90. The molecule has 3 heterocycles. The van der Waals surface area contributed by atoms with E-state index in [1.165, 1.54) is 10.9 Å². The number of hydrogen-bond donors (Lipinski definition) is 2. The Labute approximate surface area is 141 Å². The molecule has 0 aromatic carbocycles. The summed E-state index contributed by atoms with van der Waals surface area (Å²) < 4.78 is 28.8. The first-order chi connectivity index (χ1) is 11.3. The molecule has 130 valence electrons. The van der Waals surface area contributed by atoms with Gasteiger partial charge >= 0.3 is 0 Å². The fourth-order valence-corrected chi connectivity index (χ4v) is 4.22. The predicted molar refractivity (Wildman–Crippen MR) is 89.2 cm³/mol. The quantitative estimate of drug-likeness (QED) is 0.789. The van der Waals surface area contributed by atoms with Gasteiger partial charge in [-0.05, 0) is 25.5 Å². The molecule has 0 aliphatic carbocycles. The molecule has 8 nitrogen and oxygen atoms in total. The number of hydrogen-bond acceptors (Lipinski definition) is 6. The van der Waals surface area contributed by atoms with Gasteiger partial charge in [0, 0.05) is 39.1 Å². The normalized spacial score (nSPS) is 21.4. The van der Waals surface area contributed by atoms with Crippen LogP contribution in [0.4, 0.5) is 5.82 Å². The minimum Gasteiger partial charge on any atom is -0.387 e. The molecule has 0 bridgehead atoms. The maximum absolute atomic E-state index is 12.4. The molecule has 0 spiro atoms. The highest BCUT2D eigenvalue weighted by Gasteiger charge is 2.38. The first-order valence-corrected chi connectivity index (χ1v) is 9.16. The maximum atomic E-state index is 12.4. The van der Waals surface area contributed by atoms with Crippen molar-refractivity contribution in [2.24, 2.45) is 7.05 Å². The van der Waals surface area contributed by atoms with E-state index >= 15 is 0 Å². The molecule has 1 fully saturated rings. The maximum Gasteiger partial charge on any atom is 0.244 e. The Bertz CT molecular complexity index is 821. The molecule has 1 aliphatic heterocycles. The molecule has 0 amide bonds. The summed E-state index contributed by atoms with van der Waals surface area (Å²) in [6.45, 7) is 2.55. The van der Waals surface area contributed by atoms with Crippen LogP contribution in [0.1, 0.15) is 12.1 Å². The van der Waals surface area contributed by atoms with Crippen LogP contribution in [0.5, 0.6) is 0 Å². The second-order valence-electron chi connectivity index (χ2n) is 6.16. The Morgan fingerprint density at radius 3 is 2.83 bits per heavy atom. The van der Waals surface area contributed by atoms with Crippen LogP contribution in [0, 0.1) is 6.92 Å². The molecule has 0 unspecified atom stereocenters. The number of aromatic nitrogens is 3. The van der Waals surface area contributed by atoms with Crippen molar-refractivity contribution in [2.45, 2.75) is 23.8 Å². The Morgan fingerprint density at radius 2 is 2.21 bits per heavy atom. The van der Waals surface area contributed by atoms with E-state index in [-0.39, 0.29) is 11.4 Å². The monoisotopic (exact) mass is 351 g/mol. The van der Waals surface area contributed by atoms with E-state index in [1.807, 2.05) is 23.1 Å². The molecule has 0 saturated carbocycles.